The molecule has 1 aliphatic heterocycles. The van der Waals surface area contributed by atoms with Gasteiger partial charge in [0, 0.05) is 25.6 Å². The molecule has 1 unspecified atom stereocenters. The van der Waals surface area contributed by atoms with Gasteiger partial charge < -0.3 is 15.0 Å². The molecule has 1 aromatic carbocycles. The molecule has 1 N–H and O–H groups in total. The molecule has 0 saturated carbocycles. The van der Waals surface area contributed by atoms with E-state index in [9.17, 15) is 9.59 Å². The van der Waals surface area contributed by atoms with Crippen LogP contribution in [0.4, 0.5) is 4.79 Å². The fourth-order valence-corrected chi connectivity index (χ4v) is 2.33. The Morgan fingerprint density at radius 2 is 2.14 bits per heavy atom. The molecule has 1 fully saturated rings. The Bertz CT molecular complexity index is 476. The average Bonchev–Trinajstić information content (AvgIpc) is 2.89. The highest BCUT2D eigenvalue weighted by atomic mass is 16.5. The van der Waals surface area contributed by atoms with E-state index in [4.69, 9.17) is 4.74 Å². The first-order valence-electron chi connectivity index (χ1n) is 7.40. The summed E-state index contributed by atoms with van der Waals surface area (Å²) in [5, 5.41) is 2.79. The predicted octanol–water partition coefficient (Wildman–Crippen LogP) is 2.31. The Kier molecular flexibility index (Phi) is 5.60. The third-order valence-corrected chi connectivity index (χ3v) is 3.58. The molecule has 1 saturated heterocycles. The van der Waals surface area contributed by atoms with Crippen molar-refractivity contribution >= 4 is 12.0 Å². The predicted molar refractivity (Wildman–Crippen MR) is 79.7 cm³/mol. The number of nitrogens with zero attached hydrogens (tertiary/aromatic N) is 1. The molecule has 0 bridgehead atoms. The third kappa shape index (κ3) is 5.10. The minimum Gasteiger partial charge on any atom is -0.445 e. The Balaban J connectivity index is 1.64. The summed E-state index contributed by atoms with van der Waals surface area (Å²) in [5.74, 6) is 0.217. The molecule has 0 radical (unpaired) electrons. The number of nitrogens with one attached hydrogen (secondary N) is 1. The van der Waals surface area contributed by atoms with Crippen molar-refractivity contribution in [3.05, 3.63) is 35.9 Å². The molecule has 0 spiro atoms. The van der Waals surface area contributed by atoms with Crippen LogP contribution in [0.3, 0.4) is 0 Å². The molecule has 21 heavy (non-hydrogen) atoms. The lowest BCUT2D eigenvalue weighted by molar-refractivity contribution is -0.127. The zero-order chi connectivity index (χ0) is 15.1. The van der Waals surface area contributed by atoms with Gasteiger partial charge in [0.1, 0.15) is 6.61 Å². The first-order valence-corrected chi connectivity index (χ1v) is 7.40. The van der Waals surface area contributed by atoms with E-state index in [2.05, 4.69) is 5.32 Å². The van der Waals surface area contributed by atoms with Crippen LogP contribution in [0, 0.1) is 0 Å². The summed E-state index contributed by atoms with van der Waals surface area (Å²) in [7, 11) is 0. The standard InChI is InChI=1S/C16H22N2O3/c1-13(9-11-18-10-5-8-15(18)19)17-16(20)21-12-14-6-3-2-4-7-14/h2-4,6-7,13H,5,8-12H2,1H3,(H,17,20). The SMILES string of the molecule is CC(CCN1CCCC1=O)NC(=O)OCc1ccccc1. The van der Waals surface area contributed by atoms with Crippen LogP contribution < -0.4 is 5.32 Å². The fraction of sp³-hybridized carbons (Fsp3) is 0.500. The van der Waals surface area contributed by atoms with Gasteiger partial charge in [-0.2, -0.15) is 0 Å². The molecule has 0 aliphatic carbocycles. The van der Waals surface area contributed by atoms with Gasteiger partial charge in [0.05, 0.1) is 0 Å². The molecule has 2 rings (SSSR count). The molecule has 5 nitrogen and oxygen atoms in total. The first-order chi connectivity index (χ1) is 10.1. The van der Waals surface area contributed by atoms with Gasteiger partial charge in [-0.1, -0.05) is 30.3 Å². The lowest BCUT2D eigenvalue weighted by atomic mass is 10.2. The highest BCUT2D eigenvalue weighted by molar-refractivity contribution is 5.78. The van der Waals surface area contributed by atoms with E-state index < -0.39 is 6.09 Å². The molecule has 114 valence electrons. The fourth-order valence-electron chi connectivity index (χ4n) is 2.33. The number of alkyl carbamates (subject to hydrolysis) is 1. The van der Waals surface area contributed by atoms with Gasteiger partial charge in [0.25, 0.3) is 0 Å². The van der Waals surface area contributed by atoms with Gasteiger partial charge in [-0.25, -0.2) is 4.79 Å². The number of hydrogen-bond donors (Lipinski definition) is 1. The Morgan fingerprint density at radius 1 is 1.38 bits per heavy atom. The topological polar surface area (TPSA) is 58.6 Å². The maximum atomic E-state index is 11.7. The van der Waals surface area contributed by atoms with Crippen LogP contribution in [0.25, 0.3) is 0 Å². The van der Waals surface area contributed by atoms with Crippen LogP contribution in [-0.2, 0) is 16.1 Å². The van der Waals surface area contributed by atoms with E-state index in [-0.39, 0.29) is 18.6 Å². The van der Waals surface area contributed by atoms with Gasteiger partial charge in [-0.05, 0) is 25.3 Å². The zero-order valence-electron chi connectivity index (χ0n) is 12.4. The van der Waals surface area contributed by atoms with Crippen molar-refractivity contribution in [2.75, 3.05) is 13.1 Å². The van der Waals surface area contributed by atoms with Gasteiger partial charge in [0.2, 0.25) is 5.91 Å². The summed E-state index contributed by atoms with van der Waals surface area (Å²) < 4.78 is 5.16. The second-order valence-corrected chi connectivity index (χ2v) is 5.38. The van der Waals surface area contributed by atoms with Gasteiger partial charge in [0.15, 0.2) is 0 Å². The Hall–Kier alpha value is -2.04. The van der Waals surface area contributed by atoms with Crippen LogP contribution in [0.15, 0.2) is 30.3 Å². The molecule has 1 aliphatic rings. The van der Waals surface area contributed by atoms with Crippen molar-refractivity contribution in [3.63, 3.8) is 0 Å². The average molecular weight is 290 g/mol. The number of amides is 2. The van der Waals surface area contributed by atoms with Crippen molar-refractivity contribution in [1.29, 1.82) is 0 Å². The molecule has 1 aromatic rings. The zero-order valence-corrected chi connectivity index (χ0v) is 12.4. The van der Waals surface area contributed by atoms with E-state index in [1.807, 2.05) is 42.2 Å². The number of carbonyl (C=O) groups is 2. The summed E-state index contributed by atoms with van der Waals surface area (Å²) in [6, 6.07) is 9.55. The van der Waals surface area contributed by atoms with Crippen molar-refractivity contribution in [2.24, 2.45) is 0 Å². The largest absolute Gasteiger partial charge is 0.445 e. The van der Waals surface area contributed by atoms with Gasteiger partial charge >= 0.3 is 6.09 Å². The molecule has 1 atom stereocenters. The minimum absolute atomic E-state index is 0.0123. The lowest BCUT2D eigenvalue weighted by Gasteiger charge is -2.19. The Labute approximate surface area is 125 Å². The van der Waals surface area contributed by atoms with E-state index in [0.29, 0.717) is 13.0 Å². The molecule has 1 heterocycles. The van der Waals surface area contributed by atoms with Crippen molar-refractivity contribution in [3.8, 4) is 0 Å². The Morgan fingerprint density at radius 3 is 2.81 bits per heavy atom. The summed E-state index contributed by atoms with van der Waals surface area (Å²) in [5.41, 5.74) is 0.961. The lowest BCUT2D eigenvalue weighted by Crippen LogP contribution is -2.36. The molecule has 5 heteroatoms. The van der Waals surface area contributed by atoms with Gasteiger partial charge in [-0.3, -0.25) is 4.79 Å². The van der Waals surface area contributed by atoms with E-state index in [1.54, 1.807) is 0 Å². The van der Waals surface area contributed by atoms with Crippen LogP contribution in [-0.4, -0.2) is 36.0 Å². The van der Waals surface area contributed by atoms with Crippen molar-refractivity contribution in [2.45, 2.75) is 38.8 Å². The smallest absolute Gasteiger partial charge is 0.407 e. The third-order valence-electron chi connectivity index (χ3n) is 3.58. The number of hydrogen-bond acceptors (Lipinski definition) is 3. The maximum absolute atomic E-state index is 11.7. The van der Waals surface area contributed by atoms with Crippen LogP contribution >= 0.6 is 0 Å². The summed E-state index contributed by atoms with van der Waals surface area (Å²) >= 11 is 0. The number of rotatable bonds is 6. The van der Waals surface area contributed by atoms with Gasteiger partial charge in [-0.15, -0.1) is 0 Å². The normalized spacial score (nSPS) is 15.9. The van der Waals surface area contributed by atoms with E-state index in [1.165, 1.54) is 0 Å². The first kappa shape index (κ1) is 15.4. The summed E-state index contributed by atoms with van der Waals surface area (Å²) in [4.78, 5) is 25.0. The summed E-state index contributed by atoms with van der Waals surface area (Å²) in [6.07, 6.45) is 1.92. The highest BCUT2D eigenvalue weighted by Gasteiger charge is 2.20. The summed E-state index contributed by atoms with van der Waals surface area (Å²) in [6.45, 7) is 3.72. The second-order valence-electron chi connectivity index (χ2n) is 5.38. The van der Waals surface area contributed by atoms with Crippen molar-refractivity contribution in [1.82, 2.24) is 10.2 Å². The number of carbonyl (C=O) groups excluding carboxylic acids is 2. The van der Waals surface area contributed by atoms with E-state index >= 15 is 0 Å². The highest BCUT2D eigenvalue weighted by Crippen LogP contribution is 2.10. The molecule has 2 amide bonds. The molecular weight excluding hydrogens is 268 g/mol. The minimum atomic E-state index is -0.417. The quantitative estimate of drug-likeness (QED) is 0.874. The molecule has 0 aromatic heterocycles. The van der Waals surface area contributed by atoms with Crippen LogP contribution in [0.1, 0.15) is 31.7 Å². The monoisotopic (exact) mass is 290 g/mol. The van der Waals surface area contributed by atoms with Crippen LogP contribution in [0.2, 0.25) is 0 Å². The second kappa shape index (κ2) is 7.67. The maximum Gasteiger partial charge on any atom is 0.407 e. The molecular formula is C16H22N2O3. The van der Waals surface area contributed by atoms with Crippen molar-refractivity contribution < 1.29 is 14.3 Å². The van der Waals surface area contributed by atoms with E-state index in [0.717, 1.165) is 24.9 Å². The van der Waals surface area contributed by atoms with Crippen LogP contribution in [0.5, 0.6) is 0 Å². The number of likely N-dealkylation sites (tertiary alicyclic amines) is 1. The number of benzene rings is 1. The number of ether oxygens (including phenoxy) is 1.